The van der Waals surface area contributed by atoms with Crippen LogP contribution in [0.1, 0.15) is 29.6 Å². The highest BCUT2D eigenvalue weighted by atomic mass is 127. The topological polar surface area (TPSA) is 35.5 Å². The van der Waals surface area contributed by atoms with E-state index in [4.69, 9.17) is 21.1 Å². The van der Waals surface area contributed by atoms with Gasteiger partial charge in [0.2, 0.25) is 6.86 Å². The molecule has 0 amide bonds. The Balaban J connectivity index is 2.12. The second-order valence-corrected chi connectivity index (χ2v) is 7.45. The van der Waals surface area contributed by atoms with Gasteiger partial charge >= 0.3 is 5.97 Å². The van der Waals surface area contributed by atoms with Gasteiger partial charge in [0.1, 0.15) is 17.4 Å². The lowest BCUT2D eigenvalue weighted by Crippen LogP contribution is -2.32. The fourth-order valence-electron chi connectivity index (χ4n) is 2.69. The lowest BCUT2D eigenvalue weighted by atomic mass is 9.88. The number of hydrogen-bond donors (Lipinski definition) is 0. The number of hydrogen-bond acceptors (Lipinski definition) is 3. The van der Waals surface area contributed by atoms with Crippen LogP contribution in [0.5, 0.6) is 5.75 Å². The molecular formula is C15H18ClFIO3P. The van der Waals surface area contributed by atoms with E-state index in [1.54, 1.807) is 18.2 Å². The van der Waals surface area contributed by atoms with Crippen molar-refractivity contribution in [1.29, 1.82) is 0 Å². The minimum Gasteiger partial charge on any atom is -0.462 e. The molecule has 7 heteroatoms. The van der Waals surface area contributed by atoms with Crippen LogP contribution in [0.25, 0.3) is 0 Å². The quantitative estimate of drug-likeness (QED) is 0.291. The van der Waals surface area contributed by atoms with Gasteiger partial charge in [-0.15, -0.1) is 20.8 Å². The highest BCUT2D eigenvalue weighted by Crippen LogP contribution is 2.32. The van der Waals surface area contributed by atoms with E-state index in [0.717, 1.165) is 17.3 Å². The highest BCUT2D eigenvalue weighted by Gasteiger charge is 2.30. The SMILES string of the molecule is O=C(OC1CC(Cl)CC(CI)C1)c1c(P)cccc1OCF. The number of ether oxygens (including phenoxy) is 2. The minimum atomic E-state index is -0.988. The maximum Gasteiger partial charge on any atom is 0.342 e. The molecule has 0 bridgehead atoms. The van der Waals surface area contributed by atoms with Gasteiger partial charge in [0.15, 0.2) is 0 Å². The van der Waals surface area contributed by atoms with Gasteiger partial charge < -0.3 is 9.47 Å². The van der Waals surface area contributed by atoms with Crippen molar-refractivity contribution in [3.8, 4) is 5.75 Å². The monoisotopic (exact) mass is 458 g/mol. The zero-order valence-electron chi connectivity index (χ0n) is 11.9. The Morgan fingerprint density at radius 3 is 2.86 bits per heavy atom. The molecule has 1 aliphatic rings. The van der Waals surface area contributed by atoms with E-state index in [9.17, 15) is 9.18 Å². The molecule has 0 saturated heterocycles. The van der Waals surface area contributed by atoms with E-state index < -0.39 is 12.8 Å². The van der Waals surface area contributed by atoms with Crippen molar-refractivity contribution in [2.75, 3.05) is 11.3 Å². The van der Waals surface area contributed by atoms with Crippen LogP contribution < -0.4 is 10.0 Å². The van der Waals surface area contributed by atoms with Crippen molar-refractivity contribution in [3.05, 3.63) is 23.8 Å². The Morgan fingerprint density at radius 2 is 2.18 bits per heavy atom. The Labute approximate surface area is 150 Å². The van der Waals surface area contributed by atoms with Crippen molar-refractivity contribution < 1.29 is 18.7 Å². The summed E-state index contributed by atoms with van der Waals surface area (Å²) in [6.45, 7) is -0.988. The van der Waals surface area contributed by atoms with Gasteiger partial charge in [0, 0.05) is 16.2 Å². The lowest BCUT2D eigenvalue weighted by Gasteiger charge is -2.31. The second-order valence-electron chi connectivity index (χ2n) is 5.33. The summed E-state index contributed by atoms with van der Waals surface area (Å²) in [5.74, 6) is 0.170. The predicted molar refractivity (Wildman–Crippen MR) is 97.5 cm³/mol. The molecule has 3 nitrogen and oxygen atoms in total. The molecule has 1 aromatic rings. The number of rotatable bonds is 5. The van der Waals surface area contributed by atoms with Crippen LogP contribution in [0.15, 0.2) is 18.2 Å². The van der Waals surface area contributed by atoms with E-state index in [-0.39, 0.29) is 22.8 Å². The Kier molecular flexibility index (Phi) is 7.16. The number of benzene rings is 1. The molecule has 1 fully saturated rings. The van der Waals surface area contributed by atoms with Gasteiger partial charge in [-0.3, -0.25) is 0 Å². The molecule has 4 unspecified atom stereocenters. The molecule has 4 atom stereocenters. The molecule has 22 heavy (non-hydrogen) atoms. The van der Waals surface area contributed by atoms with E-state index in [0.29, 0.717) is 17.6 Å². The van der Waals surface area contributed by atoms with E-state index in [1.807, 2.05) is 0 Å². The molecular weight excluding hydrogens is 440 g/mol. The van der Waals surface area contributed by atoms with Crippen LogP contribution in [0.4, 0.5) is 4.39 Å². The van der Waals surface area contributed by atoms with Crippen molar-refractivity contribution >= 4 is 54.7 Å². The Bertz CT molecular complexity index is 532. The predicted octanol–water partition coefficient (Wildman–Crippen LogP) is 3.86. The van der Waals surface area contributed by atoms with Crippen molar-refractivity contribution in [1.82, 2.24) is 0 Å². The summed E-state index contributed by atoms with van der Waals surface area (Å²) >= 11 is 8.58. The summed E-state index contributed by atoms with van der Waals surface area (Å²) in [5.41, 5.74) is 0.257. The average Bonchev–Trinajstić information content (AvgIpc) is 2.46. The first-order valence-corrected chi connectivity index (χ1v) is 9.57. The largest absolute Gasteiger partial charge is 0.462 e. The number of halogens is 3. The Morgan fingerprint density at radius 1 is 1.41 bits per heavy atom. The van der Waals surface area contributed by atoms with Gasteiger partial charge in [-0.2, -0.15) is 0 Å². The first kappa shape index (κ1) is 18.2. The van der Waals surface area contributed by atoms with Crippen LogP contribution >= 0.6 is 43.4 Å². The third kappa shape index (κ3) is 4.68. The maximum absolute atomic E-state index is 12.5. The normalized spacial score (nSPS) is 24.8. The molecule has 0 heterocycles. The summed E-state index contributed by atoms with van der Waals surface area (Å²) in [5, 5.41) is 0.652. The molecule has 2 rings (SSSR count). The Hall–Kier alpha value is -0.130. The standard InChI is InChI=1S/C15H18ClFIO3P/c16-10-4-9(7-18)5-11(6-10)21-15(19)14-12(20-8-17)2-1-3-13(14)22/h1-3,9-11H,4-8,22H2. The molecule has 0 spiro atoms. The average molecular weight is 459 g/mol. The van der Waals surface area contributed by atoms with E-state index >= 15 is 0 Å². The first-order chi connectivity index (χ1) is 10.5. The summed E-state index contributed by atoms with van der Waals surface area (Å²) in [6.07, 6.45) is 2.22. The van der Waals surface area contributed by atoms with Crippen molar-refractivity contribution in [3.63, 3.8) is 0 Å². The molecule has 0 aromatic heterocycles. The lowest BCUT2D eigenvalue weighted by molar-refractivity contribution is 0.0162. The van der Waals surface area contributed by atoms with Crippen molar-refractivity contribution in [2.45, 2.75) is 30.7 Å². The summed E-state index contributed by atoms with van der Waals surface area (Å²) in [4.78, 5) is 12.4. The van der Waals surface area contributed by atoms with Gasteiger partial charge in [0.25, 0.3) is 0 Å². The number of carbonyl (C=O) groups is 1. The van der Waals surface area contributed by atoms with Crippen LogP contribution in [-0.4, -0.2) is 28.7 Å². The number of carbonyl (C=O) groups excluding carboxylic acids is 1. The molecule has 1 saturated carbocycles. The highest BCUT2D eigenvalue weighted by molar-refractivity contribution is 14.1. The van der Waals surface area contributed by atoms with Gasteiger partial charge in [-0.25, -0.2) is 9.18 Å². The fourth-order valence-corrected chi connectivity index (χ4v) is 4.23. The van der Waals surface area contributed by atoms with Crippen molar-refractivity contribution in [2.24, 2.45) is 5.92 Å². The smallest absolute Gasteiger partial charge is 0.342 e. The second kappa shape index (κ2) is 8.65. The minimum absolute atomic E-state index is 0.0270. The van der Waals surface area contributed by atoms with Crippen LogP contribution in [0.2, 0.25) is 0 Å². The molecule has 0 aliphatic heterocycles. The molecule has 0 radical (unpaired) electrons. The first-order valence-electron chi connectivity index (χ1n) is 7.03. The zero-order chi connectivity index (χ0) is 16.1. The maximum atomic E-state index is 12.5. The third-order valence-corrected chi connectivity index (χ3v) is 5.75. The number of alkyl halides is 3. The fraction of sp³-hybridized carbons (Fsp3) is 0.533. The van der Waals surface area contributed by atoms with Crippen LogP contribution in [0, 0.1) is 5.92 Å². The third-order valence-electron chi connectivity index (χ3n) is 3.67. The number of esters is 1. The summed E-state index contributed by atoms with van der Waals surface area (Å²) < 4.78 is 23.9. The molecule has 1 aromatic carbocycles. The van der Waals surface area contributed by atoms with Gasteiger partial charge in [0.05, 0.1) is 0 Å². The van der Waals surface area contributed by atoms with Gasteiger partial charge in [-0.05, 0) is 30.1 Å². The van der Waals surface area contributed by atoms with E-state index in [2.05, 4.69) is 31.8 Å². The van der Waals surface area contributed by atoms with Gasteiger partial charge in [-0.1, -0.05) is 34.7 Å². The van der Waals surface area contributed by atoms with Crippen LogP contribution in [0.3, 0.4) is 0 Å². The van der Waals surface area contributed by atoms with Crippen LogP contribution in [-0.2, 0) is 4.74 Å². The summed E-state index contributed by atoms with van der Waals surface area (Å²) in [6, 6.07) is 5.00. The van der Waals surface area contributed by atoms with E-state index in [1.165, 1.54) is 0 Å². The zero-order valence-corrected chi connectivity index (χ0v) is 16.0. The molecule has 1 aliphatic carbocycles. The summed E-state index contributed by atoms with van der Waals surface area (Å²) in [7, 11) is 2.45. The molecule has 122 valence electrons. The molecule has 0 N–H and O–H groups in total.